The van der Waals surface area contributed by atoms with Crippen molar-refractivity contribution in [3.05, 3.63) is 24.0 Å². The summed E-state index contributed by atoms with van der Waals surface area (Å²) in [5.41, 5.74) is 7.87. The number of hydrogen-bond donors (Lipinski definition) is 1. The van der Waals surface area contributed by atoms with E-state index in [-0.39, 0.29) is 5.82 Å². The molecule has 0 spiro atoms. The van der Waals surface area contributed by atoms with Crippen molar-refractivity contribution in [1.29, 1.82) is 0 Å². The van der Waals surface area contributed by atoms with Crippen LogP contribution in [0.3, 0.4) is 0 Å². The van der Waals surface area contributed by atoms with Crippen LogP contribution in [0.25, 0.3) is 11.0 Å². The standard InChI is InChI=1S/C14H18FN3/c1-9(2)14(5-6-14)8-18-12-7-10(15)3-4-11(12)17-13(18)16/h3-4,7,9H,5-6,8H2,1-2H3,(H2,16,17). The molecule has 18 heavy (non-hydrogen) atoms. The smallest absolute Gasteiger partial charge is 0.201 e. The summed E-state index contributed by atoms with van der Waals surface area (Å²) < 4.78 is 15.3. The average molecular weight is 247 g/mol. The third-order valence-corrected chi connectivity index (χ3v) is 4.33. The first kappa shape index (κ1) is 11.5. The second-order valence-corrected chi connectivity index (χ2v) is 5.71. The lowest BCUT2D eigenvalue weighted by atomic mass is 9.92. The van der Waals surface area contributed by atoms with Crippen LogP contribution in [0.2, 0.25) is 0 Å². The van der Waals surface area contributed by atoms with Crippen LogP contribution in [0.5, 0.6) is 0 Å². The summed E-state index contributed by atoms with van der Waals surface area (Å²) in [5.74, 6) is 0.864. The highest BCUT2D eigenvalue weighted by atomic mass is 19.1. The highest BCUT2D eigenvalue weighted by Crippen LogP contribution is 2.53. The van der Waals surface area contributed by atoms with E-state index < -0.39 is 0 Å². The van der Waals surface area contributed by atoms with Crippen molar-refractivity contribution >= 4 is 17.0 Å². The molecule has 96 valence electrons. The van der Waals surface area contributed by atoms with Crippen molar-refractivity contribution in [2.24, 2.45) is 11.3 Å². The van der Waals surface area contributed by atoms with E-state index in [0.717, 1.165) is 17.6 Å². The summed E-state index contributed by atoms with van der Waals surface area (Å²) >= 11 is 0. The molecule has 0 atom stereocenters. The molecule has 1 aliphatic carbocycles. The van der Waals surface area contributed by atoms with E-state index in [4.69, 9.17) is 5.73 Å². The van der Waals surface area contributed by atoms with E-state index in [9.17, 15) is 4.39 Å². The molecule has 0 unspecified atom stereocenters. The Morgan fingerprint density at radius 1 is 1.44 bits per heavy atom. The number of benzene rings is 1. The first-order valence-electron chi connectivity index (χ1n) is 6.43. The highest BCUT2D eigenvalue weighted by molar-refractivity contribution is 5.78. The first-order valence-corrected chi connectivity index (χ1v) is 6.43. The average Bonchev–Trinajstić information content (AvgIpc) is 3.03. The van der Waals surface area contributed by atoms with Gasteiger partial charge in [0.05, 0.1) is 11.0 Å². The molecule has 1 aliphatic rings. The number of nitrogen functional groups attached to an aromatic ring is 1. The van der Waals surface area contributed by atoms with Crippen molar-refractivity contribution in [2.75, 3.05) is 5.73 Å². The van der Waals surface area contributed by atoms with Crippen LogP contribution in [0, 0.1) is 17.2 Å². The molecule has 1 aromatic carbocycles. The third kappa shape index (κ3) is 1.67. The molecule has 3 nitrogen and oxygen atoms in total. The maximum atomic E-state index is 13.4. The summed E-state index contributed by atoms with van der Waals surface area (Å²) in [4.78, 5) is 4.30. The van der Waals surface area contributed by atoms with Gasteiger partial charge in [0.1, 0.15) is 5.82 Å². The largest absolute Gasteiger partial charge is 0.369 e. The van der Waals surface area contributed by atoms with Crippen LogP contribution in [0.4, 0.5) is 10.3 Å². The van der Waals surface area contributed by atoms with Gasteiger partial charge < -0.3 is 10.3 Å². The Kier molecular flexibility index (Phi) is 2.37. The van der Waals surface area contributed by atoms with Gasteiger partial charge in [-0.2, -0.15) is 0 Å². The van der Waals surface area contributed by atoms with Crippen molar-refractivity contribution in [3.8, 4) is 0 Å². The Balaban J connectivity index is 2.06. The molecule has 0 aliphatic heterocycles. The van der Waals surface area contributed by atoms with Crippen LogP contribution in [-0.2, 0) is 6.54 Å². The van der Waals surface area contributed by atoms with Gasteiger partial charge in [-0.15, -0.1) is 0 Å². The number of anilines is 1. The van der Waals surface area contributed by atoms with Crippen molar-refractivity contribution in [1.82, 2.24) is 9.55 Å². The number of halogens is 1. The van der Waals surface area contributed by atoms with Crippen molar-refractivity contribution < 1.29 is 4.39 Å². The number of hydrogen-bond acceptors (Lipinski definition) is 2. The second-order valence-electron chi connectivity index (χ2n) is 5.71. The summed E-state index contributed by atoms with van der Waals surface area (Å²) in [6, 6.07) is 4.63. The fraction of sp³-hybridized carbons (Fsp3) is 0.500. The lowest BCUT2D eigenvalue weighted by molar-refractivity contribution is 0.314. The topological polar surface area (TPSA) is 43.8 Å². The van der Waals surface area contributed by atoms with Gasteiger partial charge in [-0.3, -0.25) is 0 Å². The Bertz CT molecular complexity index is 596. The molecule has 0 saturated heterocycles. The molecule has 1 saturated carbocycles. The number of imidazole rings is 1. The minimum Gasteiger partial charge on any atom is -0.369 e. The fourth-order valence-electron chi connectivity index (χ4n) is 2.67. The van der Waals surface area contributed by atoms with Crippen LogP contribution in [-0.4, -0.2) is 9.55 Å². The van der Waals surface area contributed by atoms with E-state index in [0.29, 0.717) is 17.3 Å². The molecule has 0 amide bonds. The summed E-state index contributed by atoms with van der Waals surface area (Å²) in [6.07, 6.45) is 2.44. The molecule has 3 rings (SSSR count). The fourth-order valence-corrected chi connectivity index (χ4v) is 2.67. The molecule has 1 aromatic heterocycles. The molecule has 4 heteroatoms. The van der Waals surface area contributed by atoms with Crippen molar-refractivity contribution in [2.45, 2.75) is 33.2 Å². The predicted molar refractivity (Wildman–Crippen MR) is 70.6 cm³/mol. The Morgan fingerprint density at radius 3 is 2.78 bits per heavy atom. The molecule has 1 heterocycles. The predicted octanol–water partition coefficient (Wildman–Crippen LogP) is 3.19. The Labute approximate surface area is 106 Å². The Morgan fingerprint density at radius 2 is 2.17 bits per heavy atom. The maximum Gasteiger partial charge on any atom is 0.201 e. The first-order chi connectivity index (χ1) is 8.52. The quantitative estimate of drug-likeness (QED) is 0.905. The summed E-state index contributed by atoms with van der Waals surface area (Å²) in [7, 11) is 0. The lowest BCUT2D eigenvalue weighted by Gasteiger charge is -2.21. The van der Waals surface area contributed by atoms with E-state index >= 15 is 0 Å². The molecular formula is C14H18FN3. The number of nitrogens with zero attached hydrogens (tertiary/aromatic N) is 2. The zero-order valence-corrected chi connectivity index (χ0v) is 10.8. The monoisotopic (exact) mass is 247 g/mol. The van der Waals surface area contributed by atoms with Gasteiger partial charge in [0.25, 0.3) is 0 Å². The zero-order valence-electron chi connectivity index (χ0n) is 10.8. The van der Waals surface area contributed by atoms with Gasteiger partial charge >= 0.3 is 0 Å². The maximum absolute atomic E-state index is 13.4. The molecule has 2 aromatic rings. The van der Waals surface area contributed by atoms with Crippen molar-refractivity contribution in [3.63, 3.8) is 0 Å². The third-order valence-electron chi connectivity index (χ3n) is 4.33. The molecular weight excluding hydrogens is 229 g/mol. The Hall–Kier alpha value is -1.58. The van der Waals surface area contributed by atoms with Gasteiger partial charge in [0.2, 0.25) is 5.95 Å². The minimum atomic E-state index is -0.238. The van der Waals surface area contributed by atoms with Crippen LogP contribution < -0.4 is 5.73 Å². The normalized spacial score (nSPS) is 17.6. The van der Waals surface area contributed by atoms with Gasteiger partial charge in [-0.05, 0) is 42.4 Å². The molecule has 0 radical (unpaired) electrons. The minimum absolute atomic E-state index is 0.238. The molecule has 0 bridgehead atoms. The number of rotatable bonds is 3. The van der Waals surface area contributed by atoms with Gasteiger partial charge in [-0.25, -0.2) is 9.37 Å². The molecule has 1 fully saturated rings. The van der Waals surface area contributed by atoms with Gasteiger partial charge in [0, 0.05) is 6.54 Å². The number of nitrogens with two attached hydrogens (primary N) is 1. The van der Waals surface area contributed by atoms with Crippen LogP contribution in [0.1, 0.15) is 26.7 Å². The van der Waals surface area contributed by atoms with E-state index in [1.54, 1.807) is 6.07 Å². The number of aromatic nitrogens is 2. The molecule has 2 N–H and O–H groups in total. The van der Waals surface area contributed by atoms with Gasteiger partial charge in [0.15, 0.2) is 0 Å². The second kappa shape index (κ2) is 3.70. The van der Waals surface area contributed by atoms with Crippen LogP contribution >= 0.6 is 0 Å². The number of fused-ring (bicyclic) bond motifs is 1. The zero-order chi connectivity index (χ0) is 12.9. The van der Waals surface area contributed by atoms with E-state index in [1.807, 2.05) is 4.57 Å². The lowest BCUT2D eigenvalue weighted by Crippen LogP contribution is -2.18. The highest BCUT2D eigenvalue weighted by Gasteiger charge is 2.45. The van der Waals surface area contributed by atoms with E-state index in [2.05, 4.69) is 18.8 Å². The van der Waals surface area contributed by atoms with E-state index in [1.165, 1.54) is 25.0 Å². The van der Waals surface area contributed by atoms with Gasteiger partial charge in [-0.1, -0.05) is 13.8 Å². The SMILES string of the molecule is CC(C)C1(Cn2c(N)nc3ccc(F)cc32)CC1. The summed E-state index contributed by atoms with van der Waals surface area (Å²) in [5, 5.41) is 0. The summed E-state index contributed by atoms with van der Waals surface area (Å²) in [6.45, 7) is 5.32. The van der Waals surface area contributed by atoms with Crippen LogP contribution in [0.15, 0.2) is 18.2 Å².